The van der Waals surface area contributed by atoms with Gasteiger partial charge in [-0.3, -0.25) is 9.59 Å². The number of Topliss-reactive ketones (excluding diaryl/α,β-unsaturated/α-hetero) is 2. The first-order valence-electron chi connectivity index (χ1n) is 17.3. The van der Waals surface area contributed by atoms with Crippen molar-refractivity contribution in [2.45, 2.75) is 38.5 Å². The van der Waals surface area contributed by atoms with Crippen LogP contribution >= 0.6 is 0 Å². The second kappa shape index (κ2) is 18.2. The molecule has 0 atom stereocenters. The first-order valence-corrected chi connectivity index (χ1v) is 17.3. The topological polar surface area (TPSA) is 71.1 Å². The minimum atomic E-state index is -0.425. The van der Waals surface area contributed by atoms with Gasteiger partial charge in [-0.15, -0.1) is 0 Å². The smallest absolute Gasteiger partial charge is 0.185 e. The van der Waals surface area contributed by atoms with E-state index in [1.807, 2.05) is 0 Å². The van der Waals surface area contributed by atoms with E-state index in [0.717, 1.165) is 12.8 Å². The van der Waals surface area contributed by atoms with Gasteiger partial charge in [0.1, 0.15) is 46.3 Å². The van der Waals surface area contributed by atoms with Gasteiger partial charge in [0.15, 0.2) is 11.6 Å². The van der Waals surface area contributed by atoms with Gasteiger partial charge < -0.3 is 18.9 Å². The molecular weight excluding hydrogens is 700 g/mol. The van der Waals surface area contributed by atoms with Crippen molar-refractivity contribution >= 4 is 35.9 Å². The predicted molar refractivity (Wildman–Crippen MR) is 201 cm³/mol. The molecular formula is C44H40F4O6. The first-order chi connectivity index (χ1) is 26.0. The van der Waals surface area contributed by atoms with Crippen molar-refractivity contribution in [3.8, 4) is 23.0 Å². The molecule has 0 aliphatic heterocycles. The van der Waals surface area contributed by atoms with E-state index in [1.54, 1.807) is 48.6 Å². The third-order valence-corrected chi connectivity index (χ3v) is 9.08. The number of hydrogen-bond acceptors (Lipinski definition) is 6. The van der Waals surface area contributed by atoms with Crippen LogP contribution in [0.5, 0.6) is 23.0 Å². The molecule has 0 saturated heterocycles. The molecule has 0 bridgehead atoms. The normalized spacial score (nSPS) is 17.4. The Labute approximate surface area is 312 Å². The molecule has 280 valence electrons. The van der Waals surface area contributed by atoms with Crippen molar-refractivity contribution < 1.29 is 46.1 Å². The quantitative estimate of drug-likeness (QED) is 0.132. The molecule has 0 N–H and O–H groups in total. The van der Waals surface area contributed by atoms with E-state index in [1.165, 1.54) is 77.0 Å². The van der Waals surface area contributed by atoms with Gasteiger partial charge >= 0.3 is 0 Å². The maximum atomic E-state index is 14.1. The van der Waals surface area contributed by atoms with E-state index in [-0.39, 0.29) is 11.6 Å². The van der Waals surface area contributed by atoms with Crippen LogP contribution in [0, 0.1) is 23.3 Å². The first kappa shape index (κ1) is 39.3. The lowest BCUT2D eigenvalue weighted by Gasteiger charge is -2.17. The maximum Gasteiger partial charge on any atom is 0.185 e. The van der Waals surface area contributed by atoms with Gasteiger partial charge in [0.2, 0.25) is 0 Å². The molecule has 6 rings (SSSR count). The van der Waals surface area contributed by atoms with Crippen LogP contribution in [0.4, 0.5) is 17.6 Å². The second-order valence-corrected chi connectivity index (χ2v) is 12.6. The van der Waals surface area contributed by atoms with E-state index in [4.69, 9.17) is 18.9 Å². The van der Waals surface area contributed by atoms with Gasteiger partial charge in [0.25, 0.3) is 0 Å². The van der Waals surface area contributed by atoms with Crippen LogP contribution < -0.4 is 18.9 Å². The number of rotatable bonds is 8. The Hall–Kier alpha value is -5.90. The Balaban J connectivity index is 0.000000208. The molecule has 4 aromatic carbocycles. The van der Waals surface area contributed by atoms with Crippen LogP contribution in [0.3, 0.4) is 0 Å². The second-order valence-electron chi connectivity index (χ2n) is 12.6. The van der Waals surface area contributed by atoms with Crippen LogP contribution in [0.2, 0.25) is 0 Å². The maximum absolute atomic E-state index is 14.1. The zero-order valence-corrected chi connectivity index (χ0v) is 30.4. The van der Waals surface area contributed by atoms with Crippen LogP contribution in [-0.4, -0.2) is 40.0 Å². The average molecular weight is 741 g/mol. The van der Waals surface area contributed by atoms with Gasteiger partial charge in [0.05, 0.1) is 28.4 Å². The molecule has 2 saturated carbocycles. The highest BCUT2D eigenvalue weighted by molar-refractivity contribution is 6.14. The summed E-state index contributed by atoms with van der Waals surface area (Å²) in [4.78, 5) is 25.6. The van der Waals surface area contributed by atoms with Crippen molar-refractivity contribution in [1.82, 2.24) is 0 Å². The molecule has 0 amide bonds. The van der Waals surface area contributed by atoms with E-state index in [0.29, 0.717) is 93.2 Å². The number of methoxy groups -OCH3 is 4. The van der Waals surface area contributed by atoms with Crippen LogP contribution in [0.15, 0.2) is 95.1 Å². The monoisotopic (exact) mass is 740 g/mol. The molecule has 2 aliphatic rings. The number of hydrogen-bond donors (Lipinski definition) is 0. The van der Waals surface area contributed by atoms with E-state index in [9.17, 15) is 27.2 Å². The Morgan fingerprint density at radius 2 is 0.630 bits per heavy atom. The number of benzene rings is 4. The van der Waals surface area contributed by atoms with Gasteiger partial charge in [-0.1, -0.05) is 0 Å². The van der Waals surface area contributed by atoms with E-state index >= 15 is 0 Å². The third kappa shape index (κ3) is 9.74. The Morgan fingerprint density at radius 3 is 0.833 bits per heavy atom. The number of carbonyl (C=O) groups is 2. The van der Waals surface area contributed by atoms with Gasteiger partial charge in [-0.2, -0.15) is 0 Å². The van der Waals surface area contributed by atoms with Crippen LogP contribution in [-0.2, 0) is 9.59 Å². The SMILES string of the molecule is COc1ccc(F)c(/C=C2\CCC/C(=C\c3cc(OC)ccc3F)C2=O)c1.COc1ccc(F)c(/C=C2\CCC/C(=C\c3cc(OC)ccc3F)C2=O)c1. The summed E-state index contributed by atoms with van der Waals surface area (Å²) in [5.74, 6) is -0.0199. The number of ether oxygens (including phenoxy) is 4. The predicted octanol–water partition coefficient (Wildman–Crippen LogP) is 10.4. The molecule has 0 radical (unpaired) electrons. The van der Waals surface area contributed by atoms with Crippen LogP contribution in [0.25, 0.3) is 24.3 Å². The van der Waals surface area contributed by atoms with E-state index < -0.39 is 23.3 Å². The van der Waals surface area contributed by atoms with Crippen molar-refractivity contribution in [2.24, 2.45) is 0 Å². The molecule has 4 aromatic rings. The van der Waals surface area contributed by atoms with Gasteiger partial charge in [-0.25, -0.2) is 17.6 Å². The standard InChI is InChI=1S/2C22H20F2O3/c2*1-26-18-6-8-20(23)16(12-18)10-14-4-3-5-15(22(14)25)11-17-13-19(27-2)7-9-21(17)24/h2*6-13H,3-5H2,1-2H3/b2*14-10+,15-11+. The summed E-state index contributed by atoms with van der Waals surface area (Å²) in [5, 5.41) is 0. The lowest BCUT2D eigenvalue weighted by molar-refractivity contribution is -0.113. The zero-order chi connectivity index (χ0) is 38.8. The number of carbonyl (C=O) groups excluding carboxylic acids is 2. The number of allylic oxidation sites excluding steroid dienone is 4. The van der Waals surface area contributed by atoms with Crippen molar-refractivity contribution in [3.05, 3.63) is 141 Å². The number of halogens is 4. The number of ketones is 2. The molecule has 0 unspecified atom stereocenters. The molecule has 54 heavy (non-hydrogen) atoms. The Kier molecular flexibility index (Phi) is 13.3. The van der Waals surface area contributed by atoms with Crippen molar-refractivity contribution in [1.29, 1.82) is 0 Å². The summed E-state index contributed by atoms with van der Waals surface area (Å²) in [6.45, 7) is 0. The Bertz CT molecular complexity index is 1860. The summed E-state index contributed by atoms with van der Waals surface area (Å²) in [7, 11) is 6.00. The molecule has 2 fully saturated rings. The lowest BCUT2D eigenvalue weighted by Crippen LogP contribution is -2.12. The summed E-state index contributed by atoms with van der Waals surface area (Å²) in [6.07, 6.45) is 9.87. The molecule has 10 heteroatoms. The molecule has 6 nitrogen and oxygen atoms in total. The summed E-state index contributed by atoms with van der Waals surface area (Å²) in [6, 6.07) is 17.5. The highest BCUT2D eigenvalue weighted by atomic mass is 19.1. The fraction of sp³-hybridized carbons (Fsp3) is 0.227. The zero-order valence-electron chi connectivity index (χ0n) is 30.4. The van der Waals surface area contributed by atoms with Crippen LogP contribution in [0.1, 0.15) is 60.8 Å². The summed E-state index contributed by atoms with van der Waals surface area (Å²) >= 11 is 0. The summed E-state index contributed by atoms with van der Waals surface area (Å²) in [5.41, 5.74) is 3.20. The van der Waals surface area contributed by atoms with Gasteiger partial charge in [0, 0.05) is 44.5 Å². The summed E-state index contributed by atoms with van der Waals surface area (Å²) < 4.78 is 76.8. The fourth-order valence-corrected chi connectivity index (χ4v) is 6.14. The minimum absolute atomic E-state index is 0.189. The molecule has 0 aromatic heterocycles. The third-order valence-electron chi connectivity index (χ3n) is 9.08. The van der Waals surface area contributed by atoms with Crippen molar-refractivity contribution in [3.63, 3.8) is 0 Å². The highest BCUT2D eigenvalue weighted by Gasteiger charge is 2.23. The lowest BCUT2D eigenvalue weighted by atomic mass is 9.86. The molecule has 0 spiro atoms. The molecule has 0 heterocycles. The van der Waals surface area contributed by atoms with E-state index in [2.05, 4.69) is 0 Å². The Morgan fingerprint density at radius 1 is 0.407 bits per heavy atom. The van der Waals surface area contributed by atoms with Gasteiger partial charge in [-0.05, 0) is 136 Å². The van der Waals surface area contributed by atoms with Crippen molar-refractivity contribution in [2.75, 3.05) is 28.4 Å². The molecule has 2 aliphatic carbocycles. The fourth-order valence-electron chi connectivity index (χ4n) is 6.14. The minimum Gasteiger partial charge on any atom is -0.497 e. The largest absolute Gasteiger partial charge is 0.497 e. The highest BCUT2D eigenvalue weighted by Crippen LogP contribution is 2.32. The average Bonchev–Trinajstić information content (AvgIpc) is 3.18.